The molecule has 0 aliphatic heterocycles. The summed E-state index contributed by atoms with van der Waals surface area (Å²) in [7, 11) is 0. The quantitative estimate of drug-likeness (QED) is 0.772. The minimum Gasteiger partial charge on any atom is -0.444 e. The molecule has 0 radical (unpaired) electrons. The van der Waals surface area contributed by atoms with Gasteiger partial charge in [-0.2, -0.15) is 0 Å². The standard InChI is InChI=1S/C9H15N3O3/c1-9(2,3)14-8(13)11-5-7-6(10)4-12-15-7/h4H,5,10H2,1-3H3,(H,11,13). The molecule has 0 aromatic carbocycles. The van der Waals surface area contributed by atoms with Crippen molar-refractivity contribution in [2.75, 3.05) is 5.73 Å². The molecule has 1 aromatic heterocycles. The SMILES string of the molecule is CC(C)(C)OC(=O)NCc1oncc1N. The zero-order valence-electron chi connectivity index (χ0n) is 9.03. The molecule has 0 bridgehead atoms. The molecule has 0 atom stereocenters. The van der Waals surface area contributed by atoms with Crippen LogP contribution in [0.25, 0.3) is 0 Å². The van der Waals surface area contributed by atoms with E-state index in [9.17, 15) is 4.79 Å². The molecule has 0 saturated heterocycles. The van der Waals surface area contributed by atoms with Crippen LogP contribution in [0, 0.1) is 0 Å². The fourth-order valence-corrected chi connectivity index (χ4v) is 0.872. The van der Waals surface area contributed by atoms with Gasteiger partial charge in [0, 0.05) is 0 Å². The number of nitrogens with one attached hydrogen (secondary N) is 1. The van der Waals surface area contributed by atoms with E-state index in [0.717, 1.165) is 0 Å². The topological polar surface area (TPSA) is 90.4 Å². The van der Waals surface area contributed by atoms with Crippen LogP contribution in [0.15, 0.2) is 10.7 Å². The Morgan fingerprint density at radius 3 is 2.80 bits per heavy atom. The van der Waals surface area contributed by atoms with Crippen LogP contribution in [0.4, 0.5) is 10.5 Å². The summed E-state index contributed by atoms with van der Waals surface area (Å²) in [5.74, 6) is 0.417. The molecule has 6 nitrogen and oxygen atoms in total. The number of aromatic nitrogens is 1. The normalized spacial score (nSPS) is 11.1. The third-order valence-corrected chi connectivity index (χ3v) is 1.47. The van der Waals surface area contributed by atoms with Crippen molar-refractivity contribution in [3.05, 3.63) is 12.0 Å². The maximum atomic E-state index is 11.2. The molecule has 1 aromatic rings. The Hall–Kier alpha value is -1.72. The summed E-state index contributed by atoms with van der Waals surface area (Å²) in [6.45, 7) is 5.53. The third-order valence-electron chi connectivity index (χ3n) is 1.47. The van der Waals surface area contributed by atoms with Crippen LogP contribution in [0.3, 0.4) is 0 Å². The predicted molar refractivity (Wildman–Crippen MR) is 54.0 cm³/mol. The van der Waals surface area contributed by atoms with Gasteiger partial charge in [-0.05, 0) is 20.8 Å². The number of ether oxygens (including phenoxy) is 1. The number of nitrogens with two attached hydrogens (primary N) is 1. The van der Waals surface area contributed by atoms with E-state index in [0.29, 0.717) is 11.4 Å². The molecule has 3 N–H and O–H groups in total. The number of nitrogens with zero attached hydrogens (tertiary/aromatic N) is 1. The Morgan fingerprint density at radius 2 is 2.33 bits per heavy atom. The van der Waals surface area contributed by atoms with Crippen LogP contribution in [0.1, 0.15) is 26.5 Å². The van der Waals surface area contributed by atoms with E-state index in [-0.39, 0.29) is 6.54 Å². The van der Waals surface area contributed by atoms with Crippen molar-refractivity contribution in [1.29, 1.82) is 0 Å². The molecule has 0 saturated carbocycles. The van der Waals surface area contributed by atoms with Crippen molar-refractivity contribution in [1.82, 2.24) is 10.5 Å². The summed E-state index contributed by atoms with van der Waals surface area (Å²) in [5.41, 5.74) is 5.40. The lowest BCUT2D eigenvalue weighted by Gasteiger charge is -2.19. The average Bonchev–Trinajstić information content (AvgIpc) is 2.44. The van der Waals surface area contributed by atoms with E-state index >= 15 is 0 Å². The van der Waals surface area contributed by atoms with Gasteiger partial charge < -0.3 is 20.3 Å². The first kappa shape index (κ1) is 11.4. The van der Waals surface area contributed by atoms with Crippen LogP contribution in [0.2, 0.25) is 0 Å². The van der Waals surface area contributed by atoms with Crippen LogP contribution < -0.4 is 11.1 Å². The van der Waals surface area contributed by atoms with Crippen molar-refractivity contribution in [3.63, 3.8) is 0 Å². The van der Waals surface area contributed by atoms with E-state index < -0.39 is 11.7 Å². The minimum atomic E-state index is -0.517. The second kappa shape index (κ2) is 4.20. The number of alkyl carbamates (subject to hydrolysis) is 1. The number of amides is 1. The van der Waals surface area contributed by atoms with Crippen molar-refractivity contribution >= 4 is 11.8 Å². The number of anilines is 1. The van der Waals surface area contributed by atoms with Crippen molar-refractivity contribution in [3.8, 4) is 0 Å². The van der Waals surface area contributed by atoms with Gasteiger partial charge in [0.25, 0.3) is 0 Å². The second-order valence-corrected chi connectivity index (χ2v) is 4.06. The Balaban J connectivity index is 2.38. The van der Waals surface area contributed by atoms with E-state index in [1.54, 1.807) is 20.8 Å². The molecular weight excluding hydrogens is 198 g/mol. The average molecular weight is 213 g/mol. The second-order valence-electron chi connectivity index (χ2n) is 4.06. The highest BCUT2D eigenvalue weighted by Crippen LogP contribution is 2.10. The van der Waals surface area contributed by atoms with Gasteiger partial charge in [0.05, 0.1) is 18.4 Å². The van der Waals surface area contributed by atoms with Crippen LogP contribution in [0.5, 0.6) is 0 Å². The van der Waals surface area contributed by atoms with Crippen LogP contribution in [-0.4, -0.2) is 16.9 Å². The zero-order chi connectivity index (χ0) is 11.5. The number of hydrogen-bond acceptors (Lipinski definition) is 5. The third kappa shape index (κ3) is 3.88. The van der Waals surface area contributed by atoms with Gasteiger partial charge >= 0.3 is 6.09 Å². The van der Waals surface area contributed by atoms with Gasteiger partial charge in [-0.25, -0.2) is 4.79 Å². The van der Waals surface area contributed by atoms with Gasteiger partial charge in [-0.1, -0.05) is 5.16 Å². The molecule has 0 aliphatic carbocycles. The summed E-state index contributed by atoms with van der Waals surface area (Å²) in [6, 6.07) is 0. The first-order valence-corrected chi connectivity index (χ1v) is 4.54. The predicted octanol–water partition coefficient (Wildman–Crippen LogP) is 1.28. The molecular formula is C9H15N3O3. The van der Waals surface area contributed by atoms with Gasteiger partial charge in [-0.15, -0.1) is 0 Å². The maximum Gasteiger partial charge on any atom is 0.408 e. The molecule has 0 spiro atoms. The number of carbonyl (C=O) groups is 1. The van der Waals surface area contributed by atoms with E-state index in [1.165, 1.54) is 6.20 Å². The summed E-state index contributed by atoms with van der Waals surface area (Å²) in [4.78, 5) is 11.2. The van der Waals surface area contributed by atoms with E-state index in [2.05, 4.69) is 10.5 Å². The lowest BCUT2D eigenvalue weighted by atomic mass is 10.2. The Bertz CT molecular complexity index is 341. The lowest BCUT2D eigenvalue weighted by molar-refractivity contribution is 0.0519. The molecule has 1 rings (SSSR count). The molecule has 84 valence electrons. The maximum absolute atomic E-state index is 11.2. The number of rotatable bonds is 2. The zero-order valence-corrected chi connectivity index (χ0v) is 9.03. The fraction of sp³-hybridized carbons (Fsp3) is 0.556. The first-order chi connectivity index (χ1) is 6.88. The molecule has 1 heterocycles. The molecule has 0 aliphatic rings. The Labute approximate surface area is 87.8 Å². The van der Waals surface area contributed by atoms with Gasteiger partial charge in [0.15, 0.2) is 5.76 Å². The molecule has 15 heavy (non-hydrogen) atoms. The molecule has 1 amide bonds. The van der Waals surface area contributed by atoms with Crippen LogP contribution in [-0.2, 0) is 11.3 Å². The lowest BCUT2D eigenvalue weighted by Crippen LogP contribution is -2.32. The Morgan fingerprint density at radius 1 is 1.67 bits per heavy atom. The smallest absolute Gasteiger partial charge is 0.408 e. The molecule has 6 heteroatoms. The van der Waals surface area contributed by atoms with E-state index in [1.807, 2.05) is 0 Å². The highest BCUT2D eigenvalue weighted by molar-refractivity contribution is 5.67. The van der Waals surface area contributed by atoms with Gasteiger partial charge in [-0.3, -0.25) is 0 Å². The number of carbonyl (C=O) groups excluding carboxylic acids is 1. The first-order valence-electron chi connectivity index (χ1n) is 4.54. The van der Waals surface area contributed by atoms with Crippen molar-refractivity contribution in [2.45, 2.75) is 32.9 Å². The number of hydrogen-bond donors (Lipinski definition) is 2. The molecule has 0 unspecified atom stereocenters. The fourth-order valence-electron chi connectivity index (χ4n) is 0.872. The van der Waals surface area contributed by atoms with Gasteiger partial charge in [0.1, 0.15) is 5.60 Å². The van der Waals surface area contributed by atoms with Gasteiger partial charge in [0.2, 0.25) is 0 Å². The highest BCUT2D eigenvalue weighted by Gasteiger charge is 2.16. The monoisotopic (exact) mass is 213 g/mol. The van der Waals surface area contributed by atoms with E-state index in [4.69, 9.17) is 15.0 Å². The van der Waals surface area contributed by atoms with Crippen molar-refractivity contribution < 1.29 is 14.1 Å². The van der Waals surface area contributed by atoms with Crippen LogP contribution >= 0.6 is 0 Å². The summed E-state index contributed by atoms with van der Waals surface area (Å²) < 4.78 is 9.82. The number of nitrogen functional groups attached to an aromatic ring is 1. The Kier molecular flexibility index (Phi) is 3.18. The summed E-state index contributed by atoms with van der Waals surface area (Å²) in [6.07, 6.45) is 0.866. The van der Waals surface area contributed by atoms with Crippen molar-refractivity contribution in [2.24, 2.45) is 0 Å². The minimum absolute atomic E-state index is 0.167. The largest absolute Gasteiger partial charge is 0.444 e. The molecule has 0 fully saturated rings. The highest BCUT2D eigenvalue weighted by atomic mass is 16.6. The summed E-state index contributed by atoms with van der Waals surface area (Å²) in [5, 5.41) is 5.99. The summed E-state index contributed by atoms with van der Waals surface area (Å²) >= 11 is 0.